The lowest BCUT2D eigenvalue weighted by Crippen LogP contribution is -2.42. The lowest BCUT2D eigenvalue weighted by molar-refractivity contribution is -0.122. The summed E-state index contributed by atoms with van der Waals surface area (Å²) in [5, 5.41) is 0. The van der Waals surface area contributed by atoms with Crippen molar-refractivity contribution in [3.8, 4) is 0 Å². The van der Waals surface area contributed by atoms with Crippen LogP contribution in [0.2, 0.25) is 0 Å². The molecule has 2 N–H and O–H groups in total. The number of carbonyl (C=O) groups excluding carboxylic acids is 2. The van der Waals surface area contributed by atoms with E-state index in [1.807, 2.05) is 0 Å². The van der Waals surface area contributed by atoms with Gasteiger partial charge in [0.1, 0.15) is 0 Å². The average molecular weight is 375 g/mol. The molecule has 2 rings (SSSR count). The topological polar surface area (TPSA) is 92.3 Å². The highest BCUT2D eigenvalue weighted by atomic mass is 79.9. The van der Waals surface area contributed by atoms with Crippen molar-refractivity contribution in [1.29, 1.82) is 0 Å². The van der Waals surface area contributed by atoms with Gasteiger partial charge in [0.05, 0.1) is 11.5 Å². The Hall–Kier alpha value is -1.41. The van der Waals surface area contributed by atoms with Crippen molar-refractivity contribution in [1.82, 2.24) is 10.9 Å². The van der Waals surface area contributed by atoms with E-state index in [9.17, 15) is 18.0 Å². The summed E-state index contributed by atoms with van der Waals surface area (Å²) in [5.74, 6) is -0.808. The standard InChI is InChI=1S/C13H15BrN2O4S/c14-11-3-1-2-10(7-11)13(18)16-15-12(17)6-9-4-5-21(19,20)8-9/h1-3,7,9H,4-6,8H2,(H,15,17)(H,16,18)/t9-/m1/s1. The Kier molecular flexibility index (Phi) is 5.00. The molecule has 0 aromatic heterocycles. The normalized spacial score (nSPS) is 20.0. The molecule has 8 heteroatoms. The van der Waals surface area contributed by atoms with Gasteiger partial charge in [-0.3, -0.25) is 20.4 Å². The highest BCUT2D eigenvalue weighted by molar-refractivity contribution is 9.10. The quantitative estimate of drug-likeness (QED) is 0.772. The minimum atomic E-state index is -2.99. The van der Waals surface area contributed by atoms with Crippen LogP contribution in [0.4, 0.5) is 0 Å². The molecule has 0 aliphatic carbocycles. The predicted octanol–water partition coefficient (Wildman–Crippen LogP) is 1.03. The molecule has 2 amide bonds. The molecule has 21 heavy (non-hydrogen) atoms. The summed E-state index contributed by atoms with van der Waals surface area (Å²) >= 11 is 3.26. The summed E-state index contributed by atoms with van der Waals surface area (Å²) in [6, 6.07) is 6.75. The minimum absolute atomic E-state index is 0.0417. The first-order valence-corrected chi connectivity index (χ1v) is 9.02. The van der Waals surface area contributed by atoms with Crippen molar-refractivity contribution in [2.24, 2.45) is 5.92 Å². The maximum absolute atomic E-state index is 11.8. The van der Waals surface area contributed by atoms with E-state index in [0.29, 0.717) is 12.0 Å². The van der Waals surface area contributed by atoms with E-state index in [1.54, 1.807) is 24.3 Å². The van der Waals surface area contributed by atoms with Crippen LogP contribution in [-0.2, 0) is 14.6 Å². The third-order valence-corrected chi connectivity index (χ3v) is 5.53. The third kappa shape index (κ3) is 4.82. The summed E-state index contributed by atoms with van der Waals surface area (Å²) in [7, 11) is -2.99. The van der Waals surface area contributed by atoms with Gasteiger partial charge in [-0.05, 0) is 30.5 Å². The van der Waals surface area contributed by atoms with Gasteiger partial charge >= 0.3 is 0 Å². The number of halogens is 1. The van der Waals surface area contributed by atoms with Gasteiger partial charge in [-0.1, -0.05) is 22.0 Å². The molecule has 1 saturated heterocycles. The van der Waals surface area contributed by atoms with E-state index >= 15 is 0 Å². The smallest absolute Gasteiger partial charge is 0.269 e. The van der Waals surface area contributed by atoms with Crippen molar-refractivity contribution in [3.05, 3.63) is 34.3 Å². The number of amides is 2. The van der Waals surface area contributed by atoms with Gasteiger partial charge in [-0.15, -0.1) is 0 Å². The van der Waals surface area contributed by atoms with Crippen molar-refractivity contribution in [2.75, 3.05) is 11.5 Å². The first-order chi connectivity index (χ1) is 9.85. The minimum Gasteiger partial charge on any atom is -0.273 e. The second kappa shape index (κ2) is 6.57. The maximum atomic E-state index is 11.8. The Morgan fingerprint density at radius 3 is 2.67 bits per heavy atom. The second-order valence-corrected chi connectivity index (χ2v) is 8.13. The largest absolute Gasteiger partial charge is 0.273 e. The first-order valence-electron chi connectivity index (χ1n) is 6.41. The number of sulfone groups is 1. The Bertz CT molecular complexity index is 660. The van der Waals surface area contributed by atoms with Crippen LogP contribution < -0.4 is 10.9 Å². The number of benzene rings is 1. The lowest BCUT2D eigenvalue weighted by Gasteiger charge is -2.10. The van der Waals surface area contributed by atoms with Gasteiger partial charge in [0.15, 0.2) is 9.84 Å². The van der Waals surface area contributed by atoms with Gasteiger partial charge in [-0.2, -0.15) is 0 Å². The van der Waals surface area contributed by atoms with Crippen LogP contribution in [0.5, 0.6) is 0 Å². The molecule has 0 radical (unpaired) electrons. The Balaban J connectivity index is 1.80. The molecule has 1 aliphatic heterocycles. The van der Waals surface area contributed by atoms with E-state index in [0.717, 1.165) is 4.47 Å². The average Bonchev–Trinajstić information content (AvgIpc) is 2.75. The third-order valence-electron chi connectivity index (χ3n) is 3.20. The number of nitrogens with one attached hydrogen (secondary N) is 2. The van der Waals surface area contributed by atoms with Crippen LogP contribution in [0.1, 0.15) is 23.2 Å². The number of hydrogen-bond donors (Lipinski definition) is 2. The number of rotatable bonds is 3. The fourth-order valence-electron chi connectivity index (χ4n) is 2.17. The fourth-order valence-corrected chi connectivity index (χ4v) is 4.44. The Morgan fingerprint density at radius 2 is 2.05 bits per heavy atom. The number of carbonyl (C=O) groups is 2. The van der Waals surface area contributed by atoms with E-state index in [4.69, 9.17) is 0 Å². The predicted molar refractivity (Wildman–Crippen MR) is 81.1 cm³/mol. The highest BCUT2D eigenvalue weighted by Crippen LogP contribution is 2.21. The molecule has 0 bridgehead atoms. The first kappa shape index (κ1) is 16.0. The SMILES string of the molecule is O=C(C[C@H]1CCS(=O)(=O)C1)NNC(=O)c1cccc(Br)c1. The fraction of sp³-hybridized carbons (Fsp3) is 0.385. The van der Waals surface area contributed by atoms with E-state index in [1.165, 1.54) is 0 Å². The molecular weight excluding hydrogens is 360 g/mol. The monoisotopic (exact) mass is 374 g/mol. The summed E-state index contributed by atoms with van der Waals surface area (Å²) in [5.41, 5.74) is 5.03. The maximum Gasteiger partial charge on any atom is 0.269 e. The summed E-state index contributed by atoms with van der Waals surface area (Å²) in [6.07, 6.45) is 0.591. The van der Waals surface area contributed by atoms with Crippen LogP contribution in [0.3, 0.4) is 0 Å². The van der Waals surface area contributed by atoms with E-state index in [2.05, 4.69) is 26.8 Å². The molecule has 0 spiro atoms. The van der Waals surface area contributed by atoms with Gasteiger partial charge in [0.2, 0.25) is 5.91 Å². The molecule has 0 unspecified atom stereocenters. The van der Waals surface area contributed by atoms with Crippen molar-refractivity contribution < 1.29 is 18.0 Å². The second-order valence-electron chi connectivity index (χ2n) is 4.99. The Morgan fingerprint density at radius 1 is 1.29 bits per heavy atom. The van der Waals surface area contributed by atoms with Crippen LogP contribution in [0.25, 0.3) is 0 Å². The lowest BCUT2D eigenvalue weighted by atomic mass is 10.1. The summed E-state index contributed by atoms with van der Waals surface area (Å²) < 4.78 is 23.4. The highest BCUT2D eigenvalue weighted by Gasteiger charge is 2.29. The zero-order valence-corrected chi connectivity index (χ0v) is 13.5. The molecule has 1 heterocycles. The molecule has 1 atom stereocenters. The van der Waals surface area contributed by atoms with E-state index in [-0.39, 0.29) is 29.8 Å². The van der Waals surface area contributed by atoms with Crippen molar-refractivity contribution >= 4 is 37.6 Å². The van der Waals surface area contributed by atoms with Gasteiger partial charge < -0.3 is 0 Å². The summed E-state index contributed by atoms with van der Waals surface area (Å²) in [4.78, 5) is 23.5. The van der Waals surface area contributed by atoms with Crippen molar-refractivity contribution in [3.63, 3.8) is 0 Å². The van der Waals surface area contributed by atoms with Gasteiger partial charge in [-0.25, -0.2) is 8.42 Å². The molecule has 1 aromatic carbocycles. The van der Waals surface area contributed by atoms with Gasteiger partial charge in [0.25, 0.3) is 5.91 Å². The molecule has 6 nitrogen and oxygen atoms in total. The Labute approximate surface area is 131 Å². The zero-order valence-electron chi connectivity index (χ0n) is 11.1. The summed E-state index contributed by atoms with van der Waals surface area (Å²) in [6.45, 7) is 0. The van der Waals surface area contributed by atoms with Crippen LogP contribution in [0, 0.1) is 5.92 Å². The zero-order chi connectivity index (χ0) is 15.5. The molecule has 1 aromatic rings. The number of hydrogen-bond acceptors (Lipinski definition) is 4. The molecular formula is C13H15BrN2O4S. The molecule has 1 fully saturated rings. The van der Waals surface area contributed by atoms with Crippen molar-refractivity contribution in [2.45, 2.75) is 12.8 Å². The van der Waals surface area contributed by atoms with Crippen LogP contribution in [-0.4, -0.2) is 31.7 Å². The van der Waals surface area contributed by atoms with Gasteiger partial charge in [0, 0.05) is 16.5 Å². The number of hydrazine groups is 1. The van der Waals surface area contributed by atoms with Crippen LogP contribution >= 0.6 is 15.9 Å². The van der Waals surface area contributed by atoms with E-state index < -0.39 is 15.7 Å². The molecule has 1 aliphatic rings. The van der Waals surface area contributed by atoms with Crippen LogP contribution in [0.15, 0.2) is 28.7 Å². The molecule has 114 valence electrons. The molecule has 0 saturated carbocycles.